The van der Waals surface area contributed by atoms with E-state index in [1.54, 1.807) is 42.5 Å². The lowest BCUT2D eigenvalue weighted by atomic mass is 10.2. The van der Waals surface area contributed by atoms with Crippen LogP contribution in [0, 0.1) is 0 Å². The molecule has 1 atom stereocenters. The number of hydrogen-bond donors (Lipinski definition) is 2. The molecule has 1 aliphatic heterocycles. The third kappa shape index (κ3) is 5.55. The molecule has 0 aliphatic carbocycles. The van der Waals surface area contributed by atoms with E-state index in [0.29, 0.717) is 33.8 Å². The molecule has 1 aliphatic rings. The van der Waals surface area contributed by atoms with Crippen LogP contribution in [0.15, 0.2) is 46.9 Å². The number of carbonyl (C=O) groups is 2. The number of nitrogens with one attached hydrogen (secondary N) is 2. The summed E-state index contributed by atoms with van der Waals surface area (Å²) in [4.78, 5) is 23.5. The summed E-state index contributed by atoms with van der Waals surface area (Å²) in [6.45, 7) is 2.74. The van der Waals surface area contributed by atoms with Crippen molar-refractivity contribution in [3.63, 3.8) is 0 Å². The zero-order chi connectivity index (χ0) is 19.2. The summed E-state index contributed by atoms with van der Waals surface area (Å²) in [7, 11) is 0. The molecule has 2 aromatic carbocycles. The van der Waals surface area contributed by atoms with Crippen molar-refractivity contribution in [3.8, 4) is 5.75 Å². The molecule has 6 nitrogen and oxygen atoms in total. The van der Waals surface area contributed by atoms with Crippen molar-refractivity contribution in [1.82, 2.24) is 0 Å². The fourth-order valence-electron chi connectivity index (χ4n) is 2.76. The van der Waals surface area contributed by atoms with Crippen LogP contribution in [0.5, 0.6) is 5.75 Å². The highest BCUT2D eigenvalue weighted by Gasteiger charge is 2.17. The van der Waals surface area contributed by atoms with Crippen LogP contribution in [0.4, 0.5) is 11.4 Å². The normalized spacial score (nSPS) is 16.0. The molecule has 2 aromatic rings. The fraction of sp³-hybridized carbons (Fsp3) is 0.300. The molecule has 27 heavy (non-hydrogen) atoms. The zero-order valence-corrected chi connectivity index (χ0v) is 16.5. The van der Waals surface area contributed by atoms with Gasteiger partial charge in [0.1, 0.15) is 12.4 Å². The molecular formula is C20H21BrN2O4. The van der Waals surface area contributed by atoms with Crippen molar-refractivity contribution in [2.45, 2.75) is 25.9 Å². The van der Waals surface area contributed by atoms with Crippen LogP contribution in [0.3, 0.4) is 0 Å². The van der Waals surface area contributed by atoms with Gasteiger partial charge in [0.2, 0.25) is 5.91 Å². The minimum atomic E-state index is -0.228. The monoisotopic (exact) mass is 432 g/mol. The lowest BCUT2D eigenvalue weighted by molar-refractivity contribution is -0.114. The molecule has 0 saturated carbocycles. The first-order valence-corrected chi connectivity index (χ1v) is 9.53. The SMILES string of the molecule is CC(=O)Nc1ccc(NC(=O)c2ccc(OCC3CCCO3)c(Br)c2)cc1. The van der Waals surface area contributed by atoms with E-state index in [1.807, 2.05) is 0 Å². The second-order valence-electron chi connectivity index (χ2n) is 6.30. The molecule has 2 amide bonds. The van der Waals surface area contributed by atoms with Gasteiger partial charge in [0.05, 0.1) is 10.6 Å². The highest BCUT2D eigenvalue weighted by molar-refractivity contribution is 9.10. The van der Waals surface area contributed by atoms with Crippen LogP contribution in [-0.4, -0.2) is 31.1 Å². The van der Waals surface area contributed by atoms with Gasteiger partial charge in [0, 0.05) is 30.5 Å². The van der Waals surface area contributed by atoms with Crippen molar-refractivity contribution in [2.75, 3.05) is 23.8 Å². The van der Waals surface area contributed by atoms with Gasteiger partial charge in [0.15, 0.2) is 0 Å². The summed E-state index contributed by atoms with van der Waals surface area (Å²) in [6.07, 6.45) is 2.22. The highest BCUT2D eigenvalue weighted by Crippen LogP contribution is 2.27. The van der Waals surface area contributed by atoms with E-state index in [2.05, 4.69) is 26.6 Å². The maximum Gasteiger partial charge on any atom is 0.255 e. The first-order chi connectivity index (χ1) is 13.0. The average molecular weight is 433 g/mol. The Morgan fingerprint density at radius 3 is 2.44 bits per heavy atom. The highest BCUT2D eigenvalue weighted by atomic mass is 79.9. The summed E-state index contributed by atoms with van der Waals surface area (Å²) in [5.41, 5.74) is 1.83. The predicted molar refractivity (Wildman–Crippen MR) is 107 cm³/mol. The number of rotatable bonds is 6. The van der Waals surface area contributed by atoms with Crippen molar-refractivity contribution < 1.29 is 19.1 Å². The van der Waals surface area contributed by atoms with Crippen LogP contribution in [0.1, 0.15) is 30.1 Å². The number of halogens is 1. The van der Waals surface area contributed by atoms with E-state index in [1.165, 1.54) is 6.92 Å². The van der Waals surface area contributed by atoms with Gasteiger partial charge in [-0.3, -0.25) is 9.59 Å². The Balaban J connectivity index is 1.59. The third-order valence-corrected chi connectivity index (χ3v) is 4.73. The van der Waals surface area contributed by atoms with E-state index in [4.69, 9.17) is 9.47 Å². The van der Waals surface area contributed by atoms with E-state index >= 15 is 0 Å². The topological polar surface area (TPSA) is 76.7 Å². The molecule has 0 bridgehead atoms. The molecule has 1 saturated heterocycles. The molecule has 0 aromatic heterocycles. The van der Waals surface area contributed by atoms with E-state index in [9.17, 15) is 9.59 Å². The molecule has 7 heteroatoms. The van der Waals surface area contributed by atoms with E-state index in [-0.39, 0.29) is 17.9 Å². The summed E-state index contributed by atoms with van der Waals surface area (Å²) in [5.74, 6) is 0.314. The van der Waals surface area contributed by atoms with Crippen LogP contribution >= 0.6 is 15.9 Å². The van der Waals surface area contributed by atoms with Crippen LogP contribution in [-0.2, 0) is 9.53 Å². The number of ether oxygens (including phenoxy) is 2. The summed E-state index contributed by atoms with van der Waals surface area (Å²) in [5, 5.41) is 5.51. The molecule has 142 valence electrons. The third-order valence-electron chi connectivity index (χ3n) is 4.11. The summed E-state index contributed by atoms with van der Waals surface area (Å²) < 4.78 is 12.0. The minimum absolute atomic E-state index is 0.139. The summed E-state index contributed by atoms with van der Waals surface area (Å²) >= 11 is 3.46. The van der Waals surface area contributed by atoms with Crippen LogP contribution < -0.4 is 15.4 Å². The molecular weight excluding hydrogens is 412 g/mol. The number of benzene rings is 2. The van der Waals surface area contributed by atoms with E-state index in [0.717, 1.165) is 19.4 Å². The van der Waals surface area contributed by atoms with Gasteiger partial charge < -0.3 is 20.1 Å². The Morgan fingerprint density at radius 2 is 1.85 bits per heavy atom. The number of hydrogen-bond acceptors (Lipinski definition) is 4. The Morgan fingerprint density at radius 1 is 1.15 bits per heavy atom. The molecule has 0 radical (unpaired) electrons. The van der Waals surface area contributed by atoms with Crippen molar-refractivity contribution in [1.29, 1.82) is 0 Å². The van der Waals surface area contributed by atoms with Gasteiger partial charge in [-0.15, -0.1) is 0 Å². The van der Waals surface area contributed by atoms with Crippen molar-refractivity contribution in [2.24, 2.45) is 0 Å². The van der Waals surface area contributed by atoms with E-state index < -0.39 is 0 Å². The maximum absolute atomic E-state index is 12.4. The van der Waals surface area contributed by atoms with Crippen molar-refractivity contribution >= 4 is 39.1 Å². The minimum Gasteiger partial charge on any atom is -0.490 e. The van der Waals surface area contributed by atoms with Gasteiger partial charge in [-0.1, -0.05) is 0 Å². The Labute approximate surface area is 166 Å². The average Bonchev–Trinajstić information content (AvgIpc) is 3.15. The maximum atomic E-state index is 12.4. The van der Waals surface area contributed by atoms with Crippen LogP contribution in [0.2, 0.25) is 0 Å². The molecule has 3 rings (SSSR count). The van der Waals surface area contributed by atoms with Gasteiger partial charge in [-0.25, -0.2) is 0 Å². The summed E-state index contributed by atoms with van der Waals surface area (Å²) in [6, 6.07) is 12.1. The molecule has 1 heterocycles. The zero-order valence-electron chi connectivity index (χ0n) is 15.0. The van der Waals surface area contributed by atoms with Crippen LogP contribution in [0.25, 0.3) is 0 Å². The second kappa shape index (κ2) is 9.01. The second-order valence-corrected chi connectivity index (χ2v) is 7.16. The number of carbonyl (C=O) groups excluding carboxylic acids is 2. The molecule has 1 fully saturated rings. The van der Waals surface area contributed by atoms with Gasteiger partial charge in [0.25, 0.3) is 5.91 Å². The quantitative estimate of drug-likeness (QED) is 0.716. The Bertz CT molecular complexity index is 817. The number of anilines is 2. The predicted octanol–water partition coefficient (Wildman–Crippen LogP) is 4.22. The Hall–Kier alpha value is -2.38. The Kier molecular flexibility index (Phi) is 6.47. The first-order valence-electron chi connectivity index (χ1n) is 8.74. The fourth-order valence-corrected chi connectivity index (χ4v) is 3.25. The molecule has 1 unspecified atom stereocenters. The molecule has 0 spiro atoms. The lowest BCUT2D eigenvalue weighted by Crippen LogP contribution is -2.16. The van der Waals surface area contributed by atoms with Gasteiger partial charge in [-0.05, 0) is 71.2 Å². The smallest absolute Gasteiger partial charge is 0.255 e. The van der Waals surface area contributed by atoms with Gasteiger partial charge in [-0.2, -0.15) is 0 Å². The van der Waals surface area contributed by atoms with Crippen molar-refractivity contribution in [3.05, 3.63) is 52.5 Å². The lowest BCUT2D eigenvalue weighted by Gasteiger charge is -2.13. The first kappa shape index (κ1) is 19.4. The van der Waals surface area contributed by atoms with Gasteiger partial charge >= 0.3 is 0 Å². The number of amides is 2. The molecule has 2 N–H and O–H groups in total. The largest absolute Gasteiger partial charge is 0.490 e. The standard InChI is InChI=1S/C20H21BrN2O4/c1-13(24)22-15-5-7-16(8-6-15)23-20(25)14-4-9-19(18(21)11-14)27-12-17-3-2-10-26-17/h4-9,11,17H,2-3,10,12H2,1H3,(H,22,24)(H,23,25).